The van der Waals surface area contributed by atoms with Crippen molar-refractivity contribution in [2.24, 2.45) is 5.73 Å². The monoisotopic (exact) mass is 264 g/mol. The van der Waals surface area contributed by atoms with E-state index in [0.29, 0.717) is 0 Å². The van der Waals surface area contributed by atoms with Crippen LogP contribution < -0.4 is 10.5 Å². The lowest BCUT2D eigenvalue weighted by atomic mass is 9.78. The van der Waals surface area contributed by atoms with Crippen LogP contribution in [0.3, 0.4) is 0 Å². The second-order valence-electron chi connectivity index (χ2n) is 4.41. The molecule has 0 aromatic heterocycles. The zero-order chi connectivity index (χ0) is 12.9. The van der Waals surface area contributed by atoms with E-state index in [-0.39, 0.29) is 25.3 Å². The molecule has 0 aromatic rings. The highest BCUT2D eigenvalue weighted by molar-refractivity contribution is 7.89. The average molecular weight is 264 g/mol. The topological polar surface area (TPSA) is 98.5 Å². The zero-order valence-electron chi connectivity index (χ0n) is 10.1. The number of nitrogens with one attached hydrogen (secondary N) is 1. The maximum Gasteiger partial charge on any atom is 0.306 e. The number of nitrogens with two attached hydrogens (primary N) is 1. The second-order valence-corrected chi connectivity index (χ2v) is 6.34. The smallest absolute Gasteiger partial charge is 0.306 e. The molecule has 17 heavy (non-hydrogen) atoms. The van der Waals surface area contributed by atoms with E-state index in [1.165, 1.54) is 0 Å². The number of hydrogen-bond acceptors (Lipinski definition) is 5. The Kier molecular flexibility index (Phi) is 4.91. The summed E-state index contributed by atoms with van der Waals surface area (Å²) in [6.45, 7) is 2.19. The molecule has 0 radical (unpaired) electrons. The molecule has 1 saturated carbocycles. The fraction of sp³-hybridized carbons (Fsp3) is 0.900. The molecular formula is C10H20N2O4S. The lowest BCUT2D eigenvalue weighted by Gasteiger charge is -2.37. The Morgan fingerprint density at radius 1 is 1.47 bits per heavy atom. The number of hydrogen-bond donors (Lipinski definition) is 2. The van der Waals surface area contributed by atoms with E-state index in [9.17, 15) is 13.2 Å². The van der Waals surface area contributed by atoms with Crippen LogP contribution in [0.2, 0.25) is 0 Å². The maximum absolute atomic E-state index is 11.6. The van der Waals surface area contributed by atoms with Gasteiger partial charge in [0, 0.05) is 12.1 Å². The van der Waals surface area contributed by atoms with Crippen molar-refractivity contribution >= 4 is 16.0 Å². The van der Waals surface area contributed by atoms with Crippen LogP contribution in [0.5, 0.6) is 0 Å². The molecule has 0 aliphatic heterocycles. The summed E-state index contributed by atoms with van der Waals surface area (Å²) in [6.07, 6.45) is 2.60. The molecule has 1 fully saturated rings. The van der Waals surface area contributed by atoms with E-state index in [4.69, 9.17) is 5.73 Å². The molecule has 0 amide bonds. The van der Waals surface area contributed by atoms with Gasteiger partial charge in [0.1, 0.15) is 0 Å². The first-order valence-electron chi connectivity index (χ1n) is 5.79. The summed E-state index contributed by atoms with van der Waals surface area (Å²) in [7, 11) is -3.44. The van der Waals surface area contributed by atoms with Gasteiger partial charge < -0.3 is 10.5 Å². The predicted molar refractivity (Wildman–Crippen MR) is 63.8 cm³/mol. The highest BCUT2D eigenvalue weighted by atomic mass is 32.2. The molecule has 1 aliphatic rings. The highest BCUT2D eigenvalue weighted by Gasteiger charge is 2.33. The van der Waals surface area contributed by atoms with Gasteiger partial charge in [-0.1, -0.05) is 0 Å². The van der Waals surface area contributed by atoms with Gasteiger partial charge in [-0.3, -0.25) is 4.79 Å². The number of esters is 1. The fourth-order valence-electron chi connectivity index (χ4n) is 1.58. The van der Waals surface area contributed by atoms with E-state index in [1.54, 1.807) is 6.92 Å². The van der Waals surface area contributed by atoms with E-state index < -0.39 is 21.5 Å². The quantitative estimate of drug-likeness (QED) is 0.617. The third-order valence-electron chi connectivity index (χ3n) is 2.87. The zero-order valence-corrected chi connectivity index (χ0v) is 10.9. The number of ether oxygens (including phenoxy) is 1. The molecule has 1 rings (SSSR count). The summed E-state index contributed by atoms with van der Waals surface area (Å²) in [5.41, 5.74) is 5.50. The number of carbonyl (C=O) groups is 1. The molecule has 0 bridgehead atoms. The third kappa shape index (κ3) is 5.01. The number of sulfonamides is 1. The molecular weight excluding hydrogens is 244 g/mol. The largest absolute Gasteiger partial charge is 0.466 e. The van der Waals surface area contributed by atoms with Crippen LogP contribution in [-0.4, -0.2) is 38.8 Å². The molecule has 1 aliphatic carbocycles. The Bertz CT molecular complexity index is 363. The Hall–Kier alpha value is -0.660. The van der Waals surface area contributed by atoms with Crippen molar-refractivity contribution in [2.75, 3.05) is 18.9 Å². The van der Waals surface area contributed by atoms with Crippen molar-refractivity contribution in [2.45, 2.75) is 38.1 Å². The van der Waals surface area contributed by atoms with Crippen molar-refractivity contribution in [1.29, 1.82) is 0 Å². The molecule has 6 nitrogen and oxygen atoms in total. The first kappa shape index (κ1) is 14.4. The molecule has 100 valence electrons. The molecule has 0 spiro atoms. The number of rotatable bonds is 7. The standard InChI is InChI=1S/C10H20N2O4S/c1-2-16-9(13)4-7-17(14,15)12-8-10(11)5-3-6-10/h12H,2-8,11H2,1H3. The Labute approximate surface area is 102 Å². The van der Waals surface area contributed by atoms with Gasteiger partial charge >= 0.3 is 5.97 Å². The minimum absolute atomic E-state index is 0.124. The Morgan fingerprint density at radius 2 is 2.12 bits per heavy atom. The van der Waals surface area contributed by atoms with Crippen LogP contribution in [0, 0.1) is 0 Å². The molecule has 0 unspecified atom stereocenters. The van der Waals surface area contributed by atoms with Crippen molar-refractivity contribution in [1.82, 2.24) is 4.72 Å². The Morgan fingerprint density at radius 3 is 2.59 bits per heavy atom. The van der Waals surface area contributed by atoms with Crippen LogP contribution in [0.1, 0.15) is 32.6 Å². The lowest BCUT2D eigenvalue weighted by Crippen LogP contribution is -2.55. The van der Waals surface area contributed by atoms with Crippen LogP contribution in [0.4, 0.5) is 0 Å². The van der Waals surface area contributed by atoms with E-state index in [1.807, 2.05) is 0 Å². The average Bonchev–Trinajstić information content (AvgIpc) is 2.22. The fourth-order valence-corrected chi connectivity index (χ4v) is 2.67. The van der Waals surface area contributed by atoms with E-state index >= 15 is 0 Å². The molecule has 0 heterocycles. The van der Waals surface area contributed by atoms with Crippen molar-refractivity contribution in [3.05, 3.63) is 0 Å². The van der Waals surface area contributed by atoms with Crippen molar-refractivity contribution < 1.29 is 17.9 Å². The van der Waals surface area contributed by atoms with Gasteiger partial charge in [-0.15, -0.1) is 0 Å². The van der Waals surface area contributed by atoms with E-state index in [2.05, 4.69) is 9.46 Å². The van der Waals surface area contributed by atoms with Crippen molar-refractivity contribution in [3.63, 3.8) is 0 Å². The molecule has 3 N–H and O–H groups in total. The van der Waals surface area contributed by atoms with Gasteiger partial charge in [0.15, 0.2) is 0 Å². The summed E-state index contributed by atoms with van der Waals surface area (Å²) in [5, 5.41) is 0. The summed E-state index contributed by atoms with van der Waals surface area (Å²) in [5.74, 6) is -0.744. The van der Waals surface area contributed by atoms with Crippen LogP contribution >= 0.6 is 0 Å². The summed E-state index contributed by atoms with van der Waals surface area (Å²) < 4.78 is 30.2. The predicted octanol–water partition coefficient (Wildman–Crippen LogP) is -0.260. The minimum atomic E-state index is -3.44. The van der Waals surface area contributed by atoms with Crippen LogP contribution in [0.25, 0.3) is 0 Å². The second kappa shape index (κ2) is 5.79. The molecule has 7 heteroatoms. The van der Waals surface area contributed by atoms with Gasteiger partial charge in [0.2, 0.25) is 10.0 Å². The highest BCUT2D eigenvalue weighted by Crippen LogP contribution is 2.28. The third-order valence-corrected chi connectivity index (χ3v) is 4.20. The van der Waals surface area contributed by atoms with Crippen LogP contribution in [-0.2, 0) is 19.6 Å². The molecule has 0 atom stereocenters. The number of carbonyl (C=O) groups excluding carboxylic acids is 1. The van der Waals surface area contributed by atoms with Gasteiger partial charge in [-0.05, 0) is 26.2 Å². The van der Waals surface area contributed by atoms with E-state index in [0.717, 1.165) is 19.3 Å². The molecule has 0 aromatic carbocycles. The van der Waals surface area contributed by atoms with Crippen molar-refractivity contribution in [3.8, 4) is 0 Å². The summed E-state index contributed by atoms with van der Waals surface area (Å²) in [6, 6.07) is 0. The maximum atomic E-state index is 11.6. The van der Waals surface area contributed by atoms with Gasteiger partial charge in [-0.2, -0.15) is 0 Å². The SMILES string of the molecule is CCOC(=O)CCS(=O)(=O)NCC1(N)CCC1. The lowest BCUT2D eigenvalue weighted by molar-refractivity contribution is -0.142. The normalized spacial score (nSPS) is 18.5. The minimum Gasteiger partial charge on any atom is -0.466 e. The van der Waals surface area contributed by atoms with Crippen LogP contribution in [0.15, 0.2) is 0 Å². The summed E-state index contributed by atoms with van der Waals surface area (Å²) >= 11 is 0. The van der Waals surface area contributed by atoms with Gasteiger partial charge in [0.25, 0.3) is 0 Å². The summed E-state index contributed by atoms with van der Waals surface area (Å²) in [4.78, 5) is 11.0. The first-order valence-corrected chi connectivity index (χ1v) is 7.44. The van der Waals surface area contributed by atoms with Gasteiger partial charge in [0.05, 0.1) is 18.8 Å². The Balaban J connectivity index is 2.28. The van der Waals surface area contributed by atoms with Gasteiger partial charge in [-0.25, -0.2) is 13.1 Å². The molecule has 0 saturated heterocycles. The first-order chi connectivity index (χ1) is 7.87.